The first-order valence-corrected chi connectivity index (χ1v) is 4.38. The molecule has 0 fully saturated rings. The van der Waals surface area contributed by atoms with Crippen molar-refractivity contribution in [3.05, 3.63) is 23.8 Å². The monoisotopic (exact) mass is 258 g/mol. The Morgan fingerprint density at radius 3 is 3.09 bits per heavy atom. The van der Waals surface area contributed by atoms with Crippen molar-refractivity contribution in [3.8, 4) is 9.85 Å². The van der Waals surface area contributed by atoms with Gasteiger partial charge in [0.1, 0.15) is 0 Å². The van der Waals surface area contributed by atoms with Gasteiger partial charge in [0.2, 0.25) is 0 Å². The minimum Gasteiger partial charge on any atom is -0.294 e. The number of allylic oxidation sites excluding steroid dienone is 4. The molecule has 1 aliphatic rings. The first-order valence-electron chi connectivity index (χ1n) is 3.30. The number of carbonyl (C=O) groups is 1. The maximum absolute atomic E-state index is 10.9. The summed E-state index contributed by atoms with van der Waals surface area (Å²) in [4.78, 5) is 10.9. The van der Waals surface area contributed by atoms with Gasteiger partial charge in [-0.1, -0.05) is 23.6 Å². The van der Waals surface area contributed by atoms with E-state index < -0.39 is 0 Å². The first-order chi connectivity index (χ1) is 5.33. The maximum atomic E-state index is 10.9. The average molecular weight is 258 g/mol. The zero-order chi connectivity index (χ0) is 8.10. The molecule has 0 unspecified atom stereocenters. The molecular weight excluding hydrogens is 251 g/mol. The van der Waals surface area contributed by atoms with Crippen LogP contribution in [0.25, 0.3) is 0 Å². The Bertz CT molecular complexity index is 276. The Morgan fingerprint density at radius 2 is 2.45 bits per heavy atom. The van der Waals surface area contributed by atoms with E-state index in [1.165, 1.54) is 0 Å². The molecule has 0 atom stereocenters. The number of halogens is 1. The molecule has 0 aromatic carbocycles. The van der Waals surface area contributed by atoms with Crippen LogP contribution < -0.4 is 0 Å². The third-order valence-corrected chi connectivity index (χ3v) is 1.78. The first kappa shape index (κ1) is 8.54. The Morgan fingerprint density at radius 1 is 1.64 bits per heavy atom. The van der Waals surface area contributed by atoms with Crippen LogP contribution in [0.2, 0.25) is 0 Å². The molecule has 0 saturated heterocycles. The summed E-state index contributed by atoms with van der Waals surface area (Å²) in [5.41, 5.74) is 1.11. The van der Waals surface area contributed by atoms with Gasteiger partial charge in [-0.25, -0.2) is 0 Å². The Labute approximate surface area is 79.7 Å². The highest BCUT2D eigenvalue weighted by molar-refractivity contribution is 14.1. The molecule has 1 rings (SSSR count). The van der Waals surface area contributed by atoms with Crippen LogP contribution in [0.15, 0.2) is 23.8 Å². The maximum Gasteiger partial charge on any atom is 0.159 e. The quantitative estimate of drug-likeness (QED) is 0.520. The molecule has 0 amide bonds. The second-order valence-electron chi connectivity index (χ2n) is 2.28. The van der Waals surface area contributed by atoms with Crippen LogP contribution >= 0.6 is 22.6 Å². The van der Waals surface area contributed by atoms with Gasteiger partial charge in [0.25, 0.3) is 0 Å². The molecule has 0 aromatic heterocycles. The van der Waals surface area contributed by atoms with Gasteiger partial charge in [-0.05, 0) is 10.0 Å². The Kier molecular flexibility index (Phi) is 3.37. The normalized spacial score (nSPS) is 15.4. The molecule has 0 aromatic rings. The van der Waals surface area contributed by atoms with E-state index in [0.29, 0.717) is 6.42 Å². The number of carbonyl (C=O) groups excluding carboxylic acids is 1. The van der Waals surface area contributed by atoms with Gasteiger partial charge in [0.15, 0.2) is 5.78 Å². The zero-order valence-corrected chi connectivity index (χ0v) is 8.09. The van der Waals surface area contributed by atoms with Crippen molar-refractivity contribution in [2.75, 3.05) is 0 Å². The fourth-order valence-corrected chi connectivity index (χ4v) is 1.09. The van der Waals surface area contributed by atoms with E-state index in [-0.39, 0.29) is 5.78 Å². The second-order valence-corrected chi connectivity index (χ2v) is 2.81. The third-order valence-electron chi connectivity index (χ3n) is 1.40. The summed E-state index contributed by atoms with van der Waals surface area (Å²) in [6, 6.07) is 0. The molecule has 1 nitrogen and oxygen atoms in total. The Balaban J connectivity index is 2.57. The molecule has 1 aliphatic carbocycles. The van der Waals surface area contributed by atoms with E-state index in [0.717, 1.165) is 12.0 Å². The van der Waals surface area contributed by atoms with Crippen molar-refractivity contribution in [1.29, 1.82) is 0 Å². The lowest BCUT2D eigenvalue weighted by molar-refractivity contribution is -0.114. The molecule has 0 radical (unpaired) electrons. The SMILES string of the molecule is O=C1C=CC=C(CC#CI)C1. The molecule has 0 N–H and O–H groups in total. The predicted octanol–water partition coefficient (Wildman–Crippen LogP) is 2.23. The number of rotatable bonds is 1. The van der Waals surface area contributed by atoms with Crippen molar-refractivity contribution in [3.63, 3.8) is 0 Å². The van der Waals surface area contributed by atoms with Crippen molar-refractivity contribution in [2.45, 2.75) is 12.8 Å². The van der Waals surface area contributed by atoms with E-state index in [4.69, 9.17) is 0 Å². The molecule has 56 valence electrons. The number of hydrogen-bond acceptors (Lipinski definition) is 1. The van der Waals surface area contributed by atoms with Crippen LogP contribution in [0.4, 0.5) is 0 Å². The molecule has 2 heteroatoms. The van der Waals surface area contributed by atoms with Crippen LogP contribution in [-0.4, -0.2) is 5.78 Å². The summed E-state index contributed by atoms with van der Waals surface area (Å²) in [6.45, 7) is 0. The lowest BCUT2D eigenvalue weighted by Gasteiger charge is -2.02. The standard InChI is InChI=1S/C9H7IO/c10-6-2-4-8-3-1-5-9(11)7-8/h1,3,5H,4,7H2. The van der Waals surface area contributed by atoms with Crippen LogP contribution in [0.3, 0.4) is 0 Å². The molecule has 0 saturated carbocycles. The average Bonchev–Trinajstić information content (AvgIpc) is 2.01. The minimum absolute atomic E-state index is 0.178. The highest BCUT2D eigenvalue weighted by atomic mass is 127. The van der Waals surface area contributed by atoms with E-state index in [2.05, 4.69) is 9.85 Å². The van der Waals surface area contributed by atoms with Crippen LogP contribution in [0, 0.1) is 9.85 Å². The smallest absolute Gasteiger partial charge is 0.159 e. The summed E-state index contributed by atoms with van der Waals surface area (Å²) in [7, 11) is 0. The van der Waals surface area contributed by atoms with E-state index in [1.807, 2.05) is 28.7 Å². The molecule has 11 heavy (non-hydrogen) atoms. The van der Waals surface area contributed by atoms with Gasteiger partial charge in [-0.2, -0.15) is 0 Å². The summed E-state index contributed by atoms with van der Waals surface area (Å²) in [6.07, 6.45) is 6.61. The van der Waals surface area contributed by atoms with Crippen molar-refractivity contribution in [2.24, 2.45) is 0 Å². The molecule has 0 spiro atoms. The van der Waals surface area contributed by atoms with Gasteiger partial charge in [0.05, 0.1) is 0 Å². The third kappa shape index (κ3) is 2.89. The van der Waals surface area contributed by atoms with E-state index in [9.17, 15) is 4.79 Å². The van der Waals surface area contributed by atoms with Gasteiger partial charge in [-0.15, -0.1) is 0 Å². The molecule has 0 bridgehead atoms. The number of ketones is 1. The van der Waals surface area contributed by atoms with Crippen LogP contribution in [-0.2, 0) is 4.79 Å². The summed E-state index contributed by atoms with van der Waals surface area (Å²) < 4.78 is 2.77. The highest BCUT2D eigenvalue weighted by Gasteiger charge is 2.04. The molecule has 0 aliphatic heterocycles. The Hall–Kier alpha value is -0.560. The summed E-state index contributed by atoms with van der Waals surface area (Å²) in [5, 5.41) is 0. The zero-order valence-electron chi connectivity index (χ0n) is 5.93. The van der Waals surface area contributed by atoms with E-state index in [1.54, 1.807) is 12.2 Å². The highest BCUT2D eigenvalue weighted by Crippen LogP contribution is 2.11. The van der Waals surface area contributed by atoms with Crippen LogP contribution in [0.5, 0.6) is 0 Å². The van der Waals surface area contributed by atoms with Crippen molar-refractivity contribution < 1.29 is 4.79 Å². The van der Waals surface area contributed by atoms with Gasteiger partial charge in [-0.3, -0.25) is 4.79 Å². The van der Waals surface area contributed by atoms with Gasteiger partial charge < -0.3 is 0 Å². The molecular formula is C9H7IO. The summed E-state index contributed by atoms with van der Waals surface area (Å²) in [5.74, 6) is 3.10. The second kappa shape index (κ2) is 4.35. The number of hydrogen-bond donors (Lipinski definition) is 0. The summed E-state index contributed by atoms with van der Waals surface area (Å²) >= 11 is 2.00. The minimum atomic E-state index is 0.178. The fraction of sp³-hybridized carbons (Fsp3) is 0.222. The van der Waals surface area contributed by atoms with E-state index >= 15 is 0 Å². The predicted molar refractivity (Wildman–Crippen MR) is 53.3 cm³/mol. The fourth-order valence-electron chi connectivity index (χ4n) is 0.902. The van der Waals surface area contributed by atoms with Crippen LogP contribution in [0.1, 0.15) is 12.8 Å². The van der Waals surface area contributed by atoms with Gasteiger partial charge in [0, 0.05) is 35.4 Å². The topological polar surface area (TPSA) is 17.1 Å². The van der Waals surface area contributed by atoms with Crippen molar-refractivity contribution >= 4 is 28.4 Å². The van der Waals surface area contributed by atoms with Gasteiger partial charge >= 0.3 is 0 Å². The lowest BCUT2D eigenvalue weighted by Crippen LogP contribution is -1.98. The lowest BCUT2D eigenvalue weighted by atomic mass is 10.0. The molecule has 0 heterocycles. The largest absolute Gasteiger partial charge is 0.294 e. The van der Waals surface area contributed by atoms with Crippen molar-refractivity contribution in [1.82, 2.24) is 0 Å².